The van der Waals surface area contributed by atoms with Crippen molar-refractivity contribution < 1.29 is 0 Å². The van der Waals surface area contributed by atoms with Gasteiger partial charge in [-0.05, 0) is 31.1 Å². The van der Waals surface area contributed by atoms with Gasteiger partial charge in [-0.3, -0.25) is 0 Å². The molecule has 0 spiro atoms. The molecular formula is C13H21ClN2. The molecule has 1 rings (SSSR count). The van der Waals surface area contributed by atoms with Crippen molar-refractivity contribution in [3.63, 3.8) is 0 Å². The van der Waals surface area contributed by atoms with Crippen molar-refractivity contribution >= 4 is 11.6 Å². The van der Waals surface area contributed by atoms with Crippen LogP contribution in [0.3, 0.4) is 0 Å². The Labute approximate surface area is 103 Å². The van der Waals surface area contributed by atoms with E-state index in [0.29, 0.717) is 6.04 Å². The summed E-state index contributed by atoms with van der Waals surface area (Å²) in [6.45, 7) is 7.26. The average molecular weight is 241 g/mol. The predicted octanol–water partition coefficient (Wildman–Crippen LogP) is 2.82. The zero-order chi connectivity index (χ0) is 11.8. The van der Waals surface area contributed by atoms with Crippen LogP contribution in [-0.2, 0) is 6.54 Å². The molecular weight excluding hydrogens is 220 g/mol. The van der Waals surface area contributed by atoms with E-state index in [2.05, 4.69) is 30.5 Å². The third kappa shape index (κ3) is 5.50. The van der Waals surface area contributed by atoms with Gasteiger partial charge >= 0.3 is 0 Å². The molecule has 0 atom stereocenters. The molecule has 0 saturated carbocycles. The molecule has 0 fully saturated rings. The van der Waals surface area contributed by atoms with Crippen LogP contribution in [0.25, 0.3) is 0 Å². The van der Waals surface area contributed by atoms with Crippen LogP contribution < -0.4 is 10.6 Å². The molecule has 2 nitrogen and oxygen atoms in total. The molecule has 90 valence electrons. The SMILES string of the molecule is CC(C)NCCCNCc1ccccc1Cl. The van der Waals surface area contributed by atoms with Gasteiger partial charge in [-0.2, -0.15) is 0 Å². The summed E-state index contributed by atoms with van der Waals surface area (Å²) in [5.74, 6) is 0. The van der Waals surface area contributed by atoms with E-state index in [0.717, 1.165) is 31.1 Å². The van der Waals surface area contributed by atoms with Gasteiger partial charge in [0.05, 0.1) is 0 Å². The maximum Gasteiger partial charge on any atom is 0.0450 e. The Hall–Kier alpha value is -0.570. The second-order valence-corrected chi connectivity index (χ2v) is 4.64. The van der Waals surface area contributed by atoms with Crippen molar-refractivity contribution in [1.82, 2.24) is 10.6 Å². The minimum Gasteiger partial charge on any atom is -0.314 e. The molecule has 1 aromatic rings. The Morgan fingerprint density at radius 1 is 1.19 bits per heavy atom. The van der Waals surface area contributed by atoms with E-state index < -0.39 is 0 Å². The van der Waals surface area contributed by atoms with Gasteiger partial charge in [0.15, 0.2) is 0 Å². The second kappa shape index (κ2) is 7.66. The van der Waals surface area contributed by atoms with E-state index >= 15 is 0 Å². The highest BCUT2D eigenvalue weighted by molar-refractivity contribution is 6.31. The Balaban J connectivity index is 2.10. The molecule has 0 aliphatic heterocycles. The molecule has 0 unspecified atom stereocenters. The lowest BCUT2D eigenvalue weighted by Crippen LogP contribution is -2.26. The summed E-state index contributed by atoms with van der Waals surface area (Å²) in [5, 5.41) is 7.62. The molecule has 16 heavy (non-hydrogen) atoms. The van der Waals surface area contributed by atoms with E-state index in [1.807, 2.05) is 18.2 Å². The van der Waals surface area contributed by atoms with Crippen LogP contribution in [0.4, 0.5) is 0 Å². The summed E-state index contributed by atoms with van der Waals surface area (Å²) < 4.78 is 0. The lowest BCUT2D eigenvalue weighted by atomic mass is 10.2. The van der Waals surface area contributed by atoms with Crippen molar-refractivity contribution in [2.24, 2.45) is 0 Å². The third-order valence-electron chi connectivity index (χ3n) is 2.36. The molecule has 0 radical (unpaired) electrons. The van der Waals surface area contributed by atoms with E-state index in [4.69, 9.17) is 11.6 Å². The first-order valence-corrected chi connectivity index (χ1v) is 6.25. The molecule has 2 N–H and O–H groups in total. The Bertz CT molecular complexity index is 300. The van der Waals surface area contributed by atoms with Crippen LogP contribution in [0.1, 0.15) is 25.8 Å². The Morgan fingerprint density at radius 2 is 1.94 bits per heavy atom. The molecule has 0 aromatic heterocycles. The van der Waals surface area contributed by atoms with Gasteiger partial charge in [0.2, 0.25) is 0 Å². The highest BCUT2D eigenvalue weighted by atomic mass is 35.5. The Morgan fingerprint density at radius 3 is 2.62 bits per heavy atom. The Kier molecular flexibility index (Phi) is 6.46. The molecule has 0 aliphatic carbocycles. The van der Waals surface area contributed by atoms with Gasteiger partial charge in [0.25, 0.3) is 0 Å². The zero-order valence-electron chi connectivity index (χ0n) is 10.1. The van der Waals surface area contributed by atoms with Gasteiger partial charge in [0, 0.05) is 17.6 Å². The summed E-state index contributed by atoms with van der Waals surface area (Å²) in [6, 6.07) is 8.53. The predicted molar refractivity (Wildman–Crippen MR) is 70.9 cm³/mol. The quantitative estimate of drug-likeness (QED) is 0.717. The fourth-order valence-corrected chi connectivity index (χ4v) is 1.67. The largest absolute Gasteiger partial charge is 0.314 e. The zero-order valence-corrected chi connectivity index (χ0v) is 10.8. The van der Waals surface area contributed by atoms with Gasteiger partial charge in [-0.15, -0.1) is 0 Å². The molecule has 0 amide bonds. The molecule has 1 aromatic carbocycles. The lowest BCUT2D eigenvalue weighted by Gasteiger charge is -2.09. The number of halogens is 1. The fourth-order valence-electron chi connectivity index (χ4n) is 1.47. The molecule has 0 heterocycles. The first kappa shape index (κ1) is 13.5. The minimum absolute atomic E-state index is 0.573. The van der Waals surface area contributed by atoms with Crippen LogP contribution >= 0.6 is 11.6 Å². The monoisotopic (exact) mass is 240 g/mol. The molecule has 0 bridgehead atoms. The number of nitrogens with one attached hydrogen (secondary N) is 2. The van der Waals surface area contributed by atoms with Crippen molar-refractivity contribution in [2.45, 2.75) is 32.9 Å². The average Bonchev–Trinajstić information content (AvgIpc) is 2.25. The van der Waals surface area contributed by atoms with E-state index in [1.165, 1.54) is 5.56 Å². The molecule has 0 aliphatic rings. The maximum absolute atomic E-state index is 6.05. The van der Waals surface area contributed by atoms with E-state index in [9.17, 15) is 0 Å². The maximum atomic E-state index is 6.05. The molecule has 3 heteroatoms. The van der Waals surface area contributed by atoms with Crippen LogP contribution in [0.2, 0.25) is 5.02 Å². The first-order valence-electron chi connectivity index (χ1n) is 5.87. The van der Waals surface area contributed by atoms with Crippen LogP contribution in [0, 0.1) is 0 Å². The van der Waals surface area contributed by atoms with E-state index in [1.54, 1.807) is 0 Å². The lowest BCUT2D eigenvalue weighted by molar-refractivity contribution is 0.547. The standard InChI is InChI=1S/C13H21ClN2/c1-11(2)16-9-5-8-15-10-12-6-3-4-7-13(12)14/h3-4,6-7,11,15-16H,5,8-10H2,1-2H3. The van der Waals surface area contributed by atoms with Crippen molar-refractivity contribution in [3.8, 4) is 0 Å². The van der Waals surface area contributed by atoms with Gasteiger partial charge in [-0.25, -0.2) is 0 Å². The number of benzene rings is 1. The number of hydrogen-bond acceptors (Lipinski definition) is 2. The van der Waals surface area contributed by atoms with Crippen molar-refractivity contribution in [1.29, 1.82) is 0 Å². The van der Waals surface area contributed by atoms with Crippen LogP contribution in [0.15, 0.2) is 24.3 Å². The van der Waals surface area contributed by atoms with Crippen molar-refractivity contribution in [2.75, 3.05) is 13.1 Å². The van der Waals surface area contributed by atoms with Gasteiger partial charge in [-0.1, -0.05) is 43.6 Å². The van der Waals surface area contributed by atoms with Crippen molar-refractivity contribution in [3.05, 3.63) is 34.9 Å². The summed E-state index contributed by atoms with van der Waals surface area (Å²) in [6.07, 6.45) is 1.14. The van der Waals surface area contributed by atoms with Crippen LogP contribution in [0.5, 0.6) is 0 Å². The van der Waals surface area contributed by atoms with Gasteiger partial charge in [0.1, 0.15) is 0 Å². The summed E-state index contributed by atoms with van der Waals surface area (Å²) in [7, 11) is 0. The third-order valence-corrected chi connectivity index (χ3v) is 2.72. The highest BCUT2D eigenvalue weighted by Gasteiger charge is 1.97. The van der Waals surface area contributed by atoms with Crippen LogP contribution in [-0.4, -0.2) is 19.1 Å². The number of hydrogen-bond donors (Lipinski definition) is 2. The number of rotatable bonds is 7. The minimum atomic E-state index is 0.573. The smallest absolute Gasteiger partial charge is 0.0450 e. The second-order valence-electron chi connectivity index (χ2n) is 4.23. The topological polar surface area (TPSA) is 24.1 Å². The molecule has 0 saturated heterocycles. The summed E-state index contributed by atoms with van der Waals surface area (Å²) in [5.41, 5.74) is 1.17. The highest BCUT2D eigenvalue weighted by Crippen LogP contribution is 2.13. The first-order chi connectivity index (χ1) is 7.70. The summed E-state index contributed by atoms with van der Waals surface area (Å²) >= 11 is 6.05. The van der Waals surface area contributed by atoms with Gasteiger partial charge < -0.3 is 10.6 Å². The normalized spacial score (nSPS) is 11.0. The summed E-state index contributed by atoms with van der Waals surface area (Å²) in [4.78, 5) is 0. The fraction of sp³-hybridized carbons (Fsp3) is 0.538. The van der Waals surface area contributed by atoms with E-state index in [-0.39, 0.29) is 0 Å².